The van der Waals surface area contributed by atoms with E-state index >= 15 is 0 Å². The minimum Gasteiger partial charge on any atom is -0.369 e. The van der Waals surface area contributed by atoms with Crippen molar-refractivity contribution in [3.05, 3.63) is 71.7 Å². The molecule has 0 fully saturated rings. The average molecular weight is 349 g/mol. The fourth-order valence-corrected chi connectivity index (χ4v) is 4.36. The molecule has 0 bridgehead atoms. The zero-order valence-corrected chi connectivity index (χ0v) is 14.4. The molecule has 0 amide bonds. The Hall–Kier alpha value is -2.59. The number of pyridine rings is 1. The number of nitrogens with zero attached hydrogens (tertiary/aromatic N) is 3. The second kappa shape index (κ2) is 5.46. The first-order chi connectivity index (χ1) is 12.3. The molecule has 0 unspecified atom stereocenters. The minimum absolute atomic E-state index is 0.0738. The maximum absolute atomic E-state index is 6.87. The molecule has 0 saturated heterocycles. The van der Waals surface area contributed by atoms with Gasteiger partial charge in [-0.2, -0.15) is 5.10 Å². The molecule has 4 nitrogen and oxygen atoms in total. The van der Waals surface area contributed by atoms with Gasteiger partial charge in [-0.3, -0.25) is 0 Å². The van der Waals surface area contributed by atoms with Gasteiger partial charge in [0.25, 0.3) is 0 Å². The number of fused-ring (bicyclic) bond motifs is 2. The number of anilines is 1. The fraction of sp³-hybridized carbons (Fsp3) is 0.200. The molecule has 0 radical (unpaired) electrons. The number of halogens is 1. The molecule has 1 aliphatic carbocycles. The zero-order valence-electron chi connectivity index (χ0n) is 13.6. The van der Waals surface area contributed by atoms with Crippen molar-refractivity contribution in [1.29, 1.82) is 0 Å². The molecule has 3 heterocycles. The van der Waals surface area contributed by atoms with Gasteiger partial charge in [-0.1, -0.05) is 35.9 Å². The average Bonchev–Trinajstić information content (AvgIpc) is 3.39. The van der Waals surface area contributed by atoms with Crippen LogP contribution in [0, 0.1) is 0 Å². The maximum Gasteiger partial charge on any atom is 0.131 e. The first-order valence-electron chi connectivity index (χ1n) is 8.45. The van der Waals surface area contributed by atoms with Gasteiger partial charge in [-0.15, -0.1) is 0 Å². The summed E-state index contributed by atoms with van der Waals surface area (Å²) >= 11 is 6.87. The number of hydrogen-bond acceptors (Lipinski definition) is 3. The summed E-state index contributed by atoms with van der Waals surface area (Å²) in [5.74, 6) is 0.936. The molecule has 124 valence electrons. The van der Waals surface area contributed by atoms with Crippen LogP contribution in [0.4, 0.5) is 5.82 Å². The van der Waals surface area contributed by atoms with Crippen LogP contribution in [0.25, 0.3) is 16.8 Å². The van der Waals surface area contributed by atoms with Gasteiger partial charge >= 0.3 is 0 Å². The fourth-order valence-electron chi connectivity index (χ4n) is 3.91. The lowest BCUT2D eigenvalue weighted by Crippen LogP contribution is -2.25. The van der Waals surface area contributed by atoms with Gasteiger partial charge in [-0.25, -0.2) is 9.67 Å². The highest BCUT2D eigenvalue weighted by Gasteiger charge is 2.42. The Morgan fingerprint density at radius 1 is 1.12 bits per heavy atom. The van der Waals surface area contributed by atoms with Crippen molar-refractivity contribution >= 4 is 17.4 Å². The van der Waals surface area contributed by atoms with Crippen molar-refractivity contribution < 1.29 is 0 Å². The third kappa shape index (κ3) is 2.21. The van der Waals surface area contributed by atoms with Crippen molar-refractivity contribution in [3.63, 3.8) is 0 Å². The van der Waals surface area contributed by atoms with Gasteiger partial charge in [0.05, 0.1) is 10.7 Å². The molecule has 5 heteroatoms. The largest absolute Gasteiger partial charge is 0.369 e. The second-order valence-electron chi connectivity index (χ2n) is 6.72. The van der Waals surface area contributed by atoms with Gasteiger partial charge < -0.3 is 5.32 Å². The van der Waals surface area contributed by atoms with E-state index in [0.29, 0.717) is 0 Å². The molecule has 5 rings (SSSR count). The van der Waals surface area contributed by atoms with E-state index in [1.165, 1.54) is 5.56 Å². The molecule has 1 aliphatic heterocycles. The van der Waals surface area contributed by atoms with Crippen molar-refractivity contribution in [3.8, 4) is 16.8 Å². The summed E-state index contributed by atoms with van der Waals surface area (Å²) in [5.41, 5.74) is 4.33. The molecule has 1 N–H and O–H groups in total. The Kier molecular flexibility index (Phi) is 3.22. The van der Waals surface area contributed by atoms with Gasteiger partial charge in [0.15, 0.2) is 0 Å². The van der Waals surface area contributed by atoms with Crippen LogP contribution in [0.3, 0.4) is 0 Å². The summed E-state index contributed by atoms with van der Waals surface area (Å²) in [5, 5.41) is 8.52. The first-order valence-corrected chi connectivity index (χ1v) is 8.83. The Balaban J connectivity index is 1.57. The standard InChI is InChI=1S/C20H17ClN4/c21-18-16(14-4-6-15(7-5-14)25-11-3-10-24-25)12-22-19-17(18)20(13-23-19)8-1-2-9-20/h1-7,10-12H,8-9,13H2,(H,22,23). The van der Waals surface area contributed by atoms with Crippen LogP contribution in [0.15, 0.2) is 61.1 Å². The van der Waals surface area contributed by atoms with Crippen LogP contribution in [-0.2, 0) is 5.41 Å². The number of benzene rings is 1. The smallest absolute Gasteiger partial charge is 0.131 e. The van der Waals surface area contributed by atoms with E-state index in [1.54, 1.807) is 6.20 Å². The van der Waals surface area contributed by atoms with Crippen LogP contribution in [0.1, 0.15) is 18.4 Å². The van der Waals surface area contributed by atoms with Gasteiger partial charge in [0.2, 0.25) is 0 Å². The molecule has 0 atom stereocenters. The Morgan fingerprint density at radius 2 is 1.92 bits per heavy atom. The Bertz CT molecular complexity index is 950. The van der Waals surface area contributed by atoms with Crippen LogP contribution in [-0.4, -0.2) is 21.3 Å². The molecule has 3 aromatic rings. The SMILES string of the molecule is Clc1c(-c2ccc(-n3cccn3)cc2)cnc2c1C1(CC=CC1)CN2. The molecular formula is C20H17ClN4. The highest BCUT2D eigenvalue weighted by atomic mass is 35.5. The number of rotatable bonds is 2. The highest BCUT2D eigenvalue weighted by Crippen LogP contribution is 2.49. The number of allylic oxidation sites excluding steroid dienone is 2. The molecular weight excluding hydrogens is 332 g/mol. The molecule has 2 aliphatic rings. The highest BCUT2D eigenvalue weighted by molar-refractivity contribution is 6.34. The van der Waals surface area contributed by atoms with E-state index in [2.05, 4.69) is 51.8 Å². The second-order valence-corrected chi connectivity index (χ2v) is 7.10. The van der Waals surface area contributed by atoms with E-state index < -0.39 is 0 Å². The van der Waals surface area contributed by atoms with E-state index in [-0.39, 0.29) is 5.41 Å². The quantitative estimate of drug-likeness (QED) is 0.688. The molecule has 0 saturated carbocycles. The van der Waals surface area contributed by atoms with Gasteiger partial charge in [0.1, 0.15) is 5.82 Å². The lowest BCUT2D eigenvalue weighted by atomic mass is 9.80. The van der Waals surface area contributed by atoms with E-state index in [1.807, 2.05) is 23.1 Å². The minimum atomic E-state index is 0.0738. The predicted octanol–water partition coefficient (Wildman–Crippen LogP) is 4.60. The lowest BCUT2D eigenvalue weighted by Gasteiger charge is -2.24. The first kappa shape index (κ1) is 14.7. The zero-order chi connectivity index (χ0) is 16.9. The third-order valence-corrected chi connectivity index (χ3v) is 5.66. The van der Waals surface area contributed by atoms with Crippen LogP contribution < -0.4 is 5.32 Å². The summed E-state index contributed by atoms with van der Waals surface area (Å²) in [4.78, 5) is 4.65. The summed E-state index contributed by atoms with van der Waals surface area (Å²) in [6.45, 7) is 0.906. The predicted molar refractivity (Wildman–Crippen MR) is 100 cm³/mol. The van der Waals surface area contributed by atoms with Gasteiger partial charge in [0, 0.05) is 41.7 Å². The Labute approximate surface area is 151 Å². The summed E-state index contributed by atoms with van der Waals surface area (Å²) in [7, 11) is 0. The topological polar surface area (TPSA) is 42.7 Å². The Morgan fingerprint density at radius 3 is 2.64 bits per heavy atom. The van der Waals surface area contributed by atoms with E-state index in [4.69, 9.17) is 11.6 Å². The van der Waals surface area contributed by atoms with Crippen LogP contribution in [0.2, 0.25) is 5.02 Å². The maximum atomic E-state index is 6.87. The summed E-state index contributed by atoms with van der Waals surface area (Å²) < 4.78 is 1.84. The van der Waals surface area contributed by atoms with Gasteiger partial charge in [-0.05, 0) is 36.6 Å². The molecule has 2 aromatic heterocycles. The number of aromatic nitrogens is 3. The van der Waals surface area contributed by atoms with Crippen LogP contribution in [0.5, 0.6) is 0 Å². The van der Waals surface area contributed by atoms with Crippen molar-refractivity contribution in [1.82, 2.24) is 14.8 Å². The lowest BCUT2D eigenvalue weighted by molar-refractivity contribution is 0.509. The number of nitrogens with one attached hydrogen (secondary N) is 1. The van der Waals surface area contributed by atoms with Crippen molar-refractivity contribution in [2.75, 3.05) is 11.9 Å². The summed E-state index contributed by atoms with van der Waals surface area (Å²) in [6, 6.07) is 10.2. The molecule has 1 spiro atoms. The molecule has 25 heavy (non-hydrogen) atoms. The normalized spacial score (nSPS) is 17.0. The van der Waals surface area contributed by atoms with Crippen molar-refractivity contribution in [2.24, 2.45) is 0 Å². The monoisotopic (exact) mass is 348 g/mol. The van der Waals surface area contributed by atoms with E-state index in [9.17, 15) is 0 Å². The van der Waals surface area contributed by atoms with Crippen molar-refractivity contribution in [2.45, 2.75) is 18.3 Å². The molecule has 1 aromatic carbocycles. The number of hydrogen-bond donors (Lipinski definition) is 1. The van der Waals surface area contributed by atoms with E-state index in [0.717, 1.165) is 47.0 Å². The third-order valence-electron chi connectivity index (χ3n) is 5.27. The van der Waals surface area contributed by atoms with Crippen LogP contribution >= 0.6 is 11.6 Å². The summed E-state index contributed by atoms with van der Waals surface area (Å²) in [6.07, 6.45) is 12.1.